The first-order valence-corrected chi connectivity index (χ1v) is 10.3. The van der Waals surface area contributed by atoms with Crippen molar-refractivity contribution in [1.82, 2.24) is 9.80 Å². The Morgan fingerprint density at radius 1 is 0.833 bits per heavy atom. The Hall–Kier alpha value is -2.86. The van der Waals surface area contributed by atoms with Crippen molar-refractivity contribution in [1.29, 1.82) is 0 Å². The zero-order chi connectivity index (χ0) is 21.5. The Morgan fingerprint density at radius 3 is 2.00 bits per heavy atom. The highest BCUT2D eigenvalue weighted by molar-refractivity contribution is 6.30. The van der Waals surface area contributed by atoms with Gasteiger partial charge in [-0.3, -0.25) is 14.4 Å². The average molecular weight is 429 g/mol. The van der Waals surface area contributed by atoms with Crippen LogP contribution in [0.2, 0.25) is 5.02 Å². The van der Waals surface area contributed by atoms with Crippen LogP contribution in [0.5, 0.6) is 5.75 Å². The molecule has 0 spiro atoms. The monoisotopic (exact) mass is 428 g/mol. The third-order valence-electron chi connectivity index (χ3n) is 5.10. The van der Waals surface area contributed by atoms with Crippen LogP contribution in [0.25, 0.3) is 0 Å². The van der Waals surface area contributed by atoms with E-state index in [0.29, 0.717) is 42.5 Å². The summed E-state index contributed by atoms with van der Waals surface area (Å²) in [6.07, 6.45) is 0.371. The summed E-state index contributed by atoms with van der Waals surface area (Å²) in [6.45, 7) is 3.75. The summed E-state index contributed by atoms with van der Waals surface area (Å²) in [5.74, 6) is 0.378. The van der Waals surface area contributed by atoms with Crippen LogP contribution in [0, 0.1) is 6.92 Å². The van der Waals surface area contributed by atoms with Gasteiger partial charge >= 0.3 is 0 Å². The Bertz CT molecular complexity index is 888. The maximum absolute atomic E-state index is 12.4. The summed E-state index contributed by atoms with van der Waals surface area (Å²) in [4.78, 5) is 40.4. The molecular formula is C23H25ClN2O4. The molecular weight excluding hydrogens is 404 g/mol. The normalized spacial score (nSPS) is 13.8. The molecule has 1 aliphatic heterocycles. The number of hydrogen-bond acceptors (Lipinski definition) is 4. The van der Waals surface area contributed by atoms with Gasteiger partial charge in [0.05, 0.1) is 0 Å². The molecule has 30 heavy (non-hydrogen) atoms. The molecule has 0 aliphatic carbocycles. The first kappa shape index (κ1) is 21.8. The maximum Gasteiger partial charge on any atom is 0.260 e. The van der Waals surface area contributed by atoms with E-state index in [0.717, 1.165) is 5.56 Å². The maximum atomic E-state index is 12.4. The fourth-order valence-electron chi connectivity index (χ4n) is 3.23. The average Bonchev–Trinajstić information content (AvgIpc) is 2.77. The van der Waals surface area contributed by atoms with Crippen molar-refractivity contribution in [2.24, 2.45) is 0 Å². The number of amides is 2. The smallest absolute Gasteiger partial charge is 0.260 e. The lowest BCUT2D eigenvalue weighted by molar-refractivity contribution is -0.140. The lowest BCUT2D eigenvalue weighted by atomic mass is 10.0. The number of rotatable bonds is 7. The predicted octanol–water partition coefficient (Wildman–Crippen LogP) is 3.36. The number of hydrogen-bond donors (Lipinski definition) is 0. The molecule has 1 aliphatic rings. The fourth-order valence-corrected chi connectivity index (χ4v) is 3.36. The lowest BCUT2D eigenvalue weighted by Gasteiger charge is -2.34. The summed E-state index contributed by atoms with van der Waals surface area (Å²) < 4.78 is 5.50. The number of carbonyl (C=O) groups excluding carboxylic acids is 3. The highest BCUT2D eigenvalue weighted by Gasteiger charge is 2.24. The number of nitrogens with zero attached hydrogens (tertiary/aromatic N) is 2. The van der Waals surface area contributed by atoms with E-state index in [1.54, 1.807) is 46.2 Å². The van der Waals surface area contributed by atoms with E-state index in [-0.39, 0.29) is 37.0 Å². The van der Waals surface area contributed by atoms with Crippen LogP contribution in [-0.4, -0.2) is 60.2 Å². The van der Waals surface area contributed by atoms with Crippen LogP contribution in [0.1, 0.15) is 28.8 Å². The molecule has 2 aromatic rings. The Morgan fingerprint density at radius 2 is 1.40 bits per heavy atom. The summed E-state index contributed by atoms with van der Waals surface area (Å²) in [6, 6.07) is 14.2. The molecule has 0 saturated carbocycles. The molecule has 2 amide bonds. The van der Waals surface area contributed by atoms with E-state index in [4.69, 9.17) is 16.3 Å². The number of ketones is 1. The van der Waals surface area contributed by atoms with Gasteiger partial charge < -0.3 is 14.5 Å². The molecule has 0 N–H and O–H groups in total. The molecule has 0 radical (unpaired) electrons. The second-order valence-electron chi connectivity index (χ2n) is 7.29. The zero-order valence-electron chi connectivity index (χ0n) is 17.0. The van der Waals surface area contributed by atoms with Gasteiger partial charge in [0.25, 0.3) is 5.91 Å². The van der Waals surface area contributed by atoms with Crippen molar-refractivity contribution in [3.05, 3.63) is 64.7 Å². The van der Waals surface area contributed by atoms with Crippen LogP contribution < -0.4 is 4.74 Å². The van der Waals surface area contributed by atoms with Gasteiger partial charge in [0, 0.05) is 49.6 Å². The van der Waals surface area contributed by atoms with Crippen molar-refractivity contribution in [2.75, 3.05) is 32.8 Å². The van der Waals surface area contributed by atoms with Crippen LogP contribution in [-0.2, 0) is 9.59 Å². The van der Waals surface area contributed by atoms with Gasteiger partial charge in [0.1, 0.15) is 5.75 Å². The van der Waals surface area contributed by atoms with Crippen molar-refractivity contribution in [2.45, 2.75) is 19.8 Å². The number of Topliss-reactive ketones (excluding diaryl/α,β-unsaturated/α-hetero) is 1. The molecule has 2 aromatic carbocycles. The standard InChI is InChI=1S/C23H25ClN2O4/c1-17-2-4-18(5-3-17)21(27)10-11-22(28)25-12-14-26(15-13-25)23(29)16-30-20-8-6-19(24)7-9-20/h2-9H,10-16H2,1H3. The first-order valence-electron chi connectivity index (χ1n) is 9.96. The summed E-state index contributed by atoms with van der Waals surface area (Å²) >= 11 is 5.83. The summed E-state index contributed by atoms with van der Waals surface area (Å²) in [5, 5.41) is 0.607. The van der Waals surface area contributed by atoms with E-state index >= 15 is 0 Å². The van der Waals surface area contributed by atoms with Gasteiger partial charge in [0.15, 0.2) is 12.4 Å². The van der Waals surface area contributed by atoms with Gasteiger partial charge in [0.2, 0.25) is 5.91 Å². The van der Waals surface area contributed by atoms with Crippen molar-refractivity contribution < 1.29 is 19.1 Å². The number of carbonyl (C=O) groups is 3. The number of piperazine rings is 1. The second-order valence-corrected chi connectivity index (χ2v) is 7.73. The molecule has 0 aromatic heterocycles. The highest BCUT2D eigenvalue weighted by Crippen LogP contribution is 2.16. The SMILES string of the molecule is Cc1ccc(C(=O)CCC(=O)N2CCN(C(=O)COc3ccc(Cl)cc3)CC2)cc1. The molecule has 0 unspecified atom stereocenters. The predicted molar refractivity (Wildman–Crippen MR) is 115 cm³/mol. The molecule has 7 heteroatoms. The van der Waals surface area contributed by atoms with E-state index in [1.165, 1.54) is 0 Å². The highest BCUT2D eigenvalue weighted by atomic mass is 35.5. The van der Waals surface area contributed by atoms with E-state index in [1.807, 2.05) is 19.1 Å². The van der Waals surface area contributed by atoms with Gasteiger partial charge in [-0.05, 0) is 31.2 Å². The number of halogens is 1. The molecule has 0 bridgehead atoms. The Balaban J connectivity index is 1.39. The van der Waals surface area contributed by atoms with E-state index < -0.39 is 0 Å². The van der Waals surface area contributed by atoms with Crippen molar-refractivity contribution in [3.63, 3.8) is 0 Å². The number of benzene rings is 2. The third kappa shape index (κ3) is 6.07. The van der Waals surface area contributed by atoms with E-state index in [2.05, 4.69) is 0 Å². The minimum Gasteiger partial charge on any atom is -0.484 e. The van der Waals surface area contributed by atoms with Crippen LogP contribution in [0.15, 0.2) is 48.5 Å². The van der Waals surface area contributed by atoms with Crippen LogP contribution >= 0.6 is 11.6 Å². The number of aryl methyl sites for hydroxylation is 1. The Kier molecular flexibility index (Phi) is 7.46. The summed E-state index contributed by atoms with van der Waals surface area (Å²) in [5.41, 5.74) is 1.72. The van der Waals surface area contributed by atoms with Crippen LogP contribution in [0.4, 0.5) is 0 Å². The zero-order valence-corrected chi connectivity index (χ0v) is 17.7. The Labute approximate surface area is 181 Å². The van der Waals surface area contributed by atoms with Crippen molar-refractivity contribution >= 4 is 29.2 Å². The van der Waals surface area contributed by atoms with Gasteiger partial charge in [-0.15, -0.1) is 0 Å². The molecule has 6 nitrogen and oxygen atoms in total. The number of ether oxygens (including phenoxy) is 1. The van der Waals surface area contributed by atoms with E-state index in [9.17, 15) is 14.4 Å². The molecule has 0 atom stereocenters. The fraction of sp³-hybridized carbons (Fsp3) is 0.348. The van der Waals surface area contributed by atoms with Crippen molar-refractivity contribution in [3.8, 4) is 5.75 Å². The van der Waals surface area contributed by atoms with Gasteiger partial charge in [-0.25, -0.2) is 0 Å². The molecule has 1 heterocycles. The summed E-state index contributed by atoms with van der Waals surface area (Å²) in [7, 11) is 0. The lowest BCUT2D eigenvalue weighted by Crippen LogP contribution is -2.51. The molecule has 1 fully saturated rings. The quantitative estimate of drug-likeness (QED) is 0.634. The largest absolute Gasteiger partial charge is 0.484 e. The minimum absolute atomic E-state index is 0.0310. The molecule has 158 valence electrons. The second kappa shape index (κ2) is 10.3. The minimum atomic E-state index is -0.119. The molecule has 1 saturated heterocycles. The van der Waals surface area contributed by atoms with Gasteiger partial charge in [-0.1, -0.05) is 41.4 Å². The van der Waals surface area contributed by atoms with Gasteiger partial charge in [-0.2, -0.15) is 0 Å². The topological polar surface area (TPSA) is 66.9 Å². The third-order valence-corrected chi connectivity index (χ3v) is 5.35. The molecule has 3 rings (SSSR count). The van der Waals surface area contributed by atoms with Crippen LogP contribution in [0.3, 0.4) is 0 Å². The first-order chi connectivity index (χ1) is 14.4.